The van der Waals surface area contributed by atoms with Gasteiger partial charge in [0.15, 0.2) is 0 Å². The smallest absolute Gasteiger partial charge is 0.293 e. The van der Waals surface area contributed by atoms with Crippen LogP contribution in [0.5, 0.6) is 0 Å². The molecule has 1 aliphatic rings. The fourth-order valence-corrected chi connectivity index (χ4v) is 4.27. The first-order valence-electron chi connectivity index (χ1n) is 7.99. The van der Waals surface area contributed by atoms with Crippen LogP contribution in [0.3, 0.4) is 0 Å². The predicted molar refractivity (Wildman–Crippen MR) is 105 cm³/mol. The number of imidazole rings is 1. The molecule has 0 saturated carbocycles. The number of nitrogens with zero attached hydrogens (tertiary/aromatic N) is 3. The van der Waals surface area contributed by atoms with Gasteiger partial charge in [-0.1, -0.05) is 25.5 Å². The molecule has 3 rings (SSSR count). The molecular weight excluding hydrogens is 378 g/mol. The van der Waals surface area contributed by atoms with E-state index < -0.39 is 0 Å². The molecule has 8 heteroatoms. The third-order valence-corrected chi connectivity index (χ3v) is 5.74. The van der Waals surface area contributed by atoms with E-state index in [4.69, 9.17) is 0 Å². The molecule has 2 amide bonds. The fraction of sp³-hybridized carbons (Fsp3) is 0.353. The zero-order chi connectivity index (χ0) is 16.9. The summed E-state index contributed by atoms with van der Waals surface area (Å²) in [5.74, 6) is 0.702. The third-order valence-electron chi connectivity index (χ3n) is 3.66. The Labute approximate surface area is 161 Å². The van der Waals surface area contributed by atoms with E-state index in [2.05, 4.69) is 11.9 Å². The maximum Gasteiger partial charge on any atom is 0.293 e. The third kappa shape index (κ3) is 4.59. The maximum absolute atomic E-state index is 12.2. The average Bonchev–Trinajstić information content (AvgIpc) is 3.16. The van der Waals surface area contributed by atoms with Gasteiger partial charge >= 0.3 is 0 Å². The zero-order valence-electron chi connectivity index (χ0n) is 13.9. The lowest BCUT2D eigenvalue weighted by molar-refractivity contribution is -0.122. The van der Waals surface area contributed by atoms with Gasteiger partial charge in [0.1, 0.15) is 5.65 Å². The Morgan fingerprint density at radius 1 is 1.32 bits per heavy atom. The lowest BCUT2D eigenvalue weighted by Gasteiger charge is -2.12. The summed E-state index contributed by atoms with van der Waals surface area (Å²) in [5, 5.41) is 0.964. The van der Waals surface area contributed by atoms with E-state index in [9.17, 15) is 9.59 Å². The van der Waals surface area contributed by atoms with E-state index in [1.54, 1.807) is 18.0 Å². The lowest BCUT2D eigenvalue weighted by atomic mass is 10.3. The van der Waals surface area contributed by atoms with Gasteiger partial charge in [-0.2, -0.15) is 0 Å². The quantitative estimate of drug-likeness (QED) is 0.387. The molecule has 2 aromatic heterocycles. The molecule has 0 bridgehead atoms. The number of unbranched alkanes of at least 4 members (excludes halogenated alkanes) is 1. The number of hydrogen-bond acceptors (Lipinski definition) is 5. The van der Waals surface area contributed by atoms with Gasteiger partial charge in [-0.25, -0.2) is 4.98 Å². The molecule has 1 aliphatic heterocycles. The number of allylic oxidation sites excluding steroid dienone is 1. The Hall–Kier alpha value is -1.44. The molecule has 0 unspecified atom stereocenters. The van der Waals surface area contributed by atoms with Gasteiger partial charge in [-0.05, 0) is 36.7 Å². The van der Waals surface area contributed by atoms with Crippen molar-refractivity contribution in [3.05, 3.63) is 41.6 Å². The molecule has 0 aliphatic carbocycles. The summed E-state index contributed by atoms with van der Waals surface area (Å²) < 4.78 is 2.04. The predicted octanol–water partition coefficient (Wildman–Crippen LogP) is 4.62. The number of fused-ring (bicyclic) bond motifs is 1. The largest absolute Gasteiger partial charge is 0.294 e. The number of carbonyl (C=O) groups is 2. The van der Waals surface area contributed by atoms with Crippen LogP contribution in [0.2, 0.25) is 0 Å². The summed E-state index contributed by atoms with van der Waals surface area (Å²) in [6.07, 6.45) is 8.17. The molecule has 3 heterocycles. The monoisotopic (exact) mass is 397 g/mol. The Bertz CT molecular complexity index is 791. The van der Waals surface area contributed by atoms with Crippen LogP contribution in [0.4, 0.5) is 4.79 Å². The van der Waals surface area contributed by atoms with Gasteiger partial charge in [0, 0.05) is 24.7 Å². The maximum atomic E-state index is 12.2. The lowest BCUT2D eigenvalue weighted by Crippen LogP contribution is -2.29. The molecule has 0 atom stereocenters. The first kappa shape index (κ1) is 19.9. The summed E-state index contributed by atoms with van der Waals surface area (Å²) in [7, 11) is 0. The molecule has 2 aromatic rings. The Balaban J connectivity index is 0.00000225. The second-order valence-corrected chi connectivity index (χ2v) is 7.51. The van der Waals surface area contributed by atoms with E-state index in [1.807, 2.05) is 34.9 Å². The summed E-state index contributed by atoms with van der Waals surface area (Å²) in [4.78, 5) is 30.4. The summed E-state index contributed by atoms with van der Waals surface area (Å²) in [6, 6.07) is 6.00. The fourth-order valence-electron chi connectivity index (χ4n) is 2.44. The van der Waals surface area contributed by atoms with Gasteiger partial charge in [-0.3, -0.25) is 18.9 Å². The minimum Gasteiger partial charge on any atom is -0.294 e. The molecule has 134 valence electrons. The van der Waals surface area contributed by atoms with Gasteiger partial charge in [0.25, 0.3) is 11.1 Å². The van der Waals surface area contributed by atoms with Crippen LogP contribution in [0, 0.1) is 0 Å². The van der Waals surface area contributed by atoms with Crippen molar-refractivity contribution in [2.24, 2.45) is 0 Å². The Morgan fingerprint density at radius 3 is 2.96 bits per heavy atom. The van der Waals surface area contributed by atoms with Crippen LogP contribution in [-0.4, -0.2) is 37.7 Å². The highest BCUT2D eigenvalue weighted by atomic mass is 35.5. The summed E-state index contributed by atoms with van der Waals surface area (Å²) in [6.45, 7) is 2.53. The summed E-state index contributed by atoms with van der Waals surface area (Å²) >= 11 is 2.77. The minimum atomic E-state index is -0.149. The van der Waals surface area contributed by atoms with E-state index >= 15 is 0 Å². The average molecular weight is 398 g/mol. The number of imide groups is 1. The van der Waals surface area contributed by atoms with Gasteiger partial charge in [-0.15, -0.1) is 24.2 Å². The van der Waals surface area contributed by atoms with E-state index in [-0.39, 0.29) is 23.6 Å². The van der Waals surface area contributed by atoms with Crippen molar-refractivity contribution >= 4 is 52.7 Å². The SMILES string of the molecule is CCC/C=C1/SC(=O)N(CCCSc2cccc3nccn23)C1=O.Cl. The molecular formula is C17H20ClN3O2S2. The molecule has 5 nitrogen and oxygen atoms in total. The highest BCUT2D eigenvalue weighted by molar-refractivity contribution is 8.18. The van der Waals surface area contributed by atoms with Crippen LogP contribution in [0.1, 0.15) is 26.2 Å². The normalized spacial score (nSPS) is 16.0. The minimum absolute atomic E-state index is 0. The van der Waals surface area contributed by atoms with Crippen molar-refractivity contribution < 1.29 is 9.59 Å². The number of rotatable bonds is 7. The topological polar surface area (TPSA) is 54.7 Å². The van der Waals surface area contributed by atoms with Crippen molar-refractivity contribution in [1.82, 2.24) is 14.3 Å². The molecule has 0 radical (unpaired) electrons. The highest BCUT2D eigenvalue weighted by Crippen LogP contribution is 2.31. The number of thioether (sulfide) groups is 2. The standard InChI is InChI=1S/C17H19N3O2S2.ClH/c1-2-3-6-13-16(21)20(17(22)24-13)10-5-12-23-15-8-4-7-14-18-9-11-19(14)15;/h4,6-9,11H,2-3,5,10,12H2,1H3;1H/b13-6+;. The Kier molecular flexibility index (Phi) is 7.40. The number of amides is 2. The van der Waals surface area contributed by atoms with Crippen LogP contribution < -0.4 is 0 Å². The number of pyridine rings is 1. The first-order chi connectivity index (χ1) is 11.7. The molecule has 1 saturated heterocycles. The van der Waals surface area contributed by atoms with E-state index in [0.29, 0.717) is 11.4 Å². The second kappa shape index (κ2) is 9.31. The number of aromatic nitrogens is 2. The molecule has 25 heavy (non-hydrogen) atoms. The molecule has 0 spiro atoms. The van der Waals surface area contributed by atoms with Gasteiger partial charge < -0.3 is 0 Å². The molecule has 0 aromatic carbocycles. The number of halogens is 1. The van der Waals surface area contributed by atoms with Gasteiger partial charge in [0.05, 0.1) is 9.93 Å². The van der Waals surface area contributed by atoms with Crippen molar-refractivity contribution in [3.63, 3.8) is 0 Å². The second-order valence-electron chi connectivity index (χ2n) is 5.40. The van der Waals surface area contributed by atoms with Gasteiger partial charge in [0.2, 0.25) is 0 Å². The molecule has 1 fully saturated rings. The number of hydrogen-bond donors (Lipinski definition) is 0. The van der Waals surface area contributed by atoms with Crippen molar-refractivity contribution in [3.8, 4) is 0 Å². The van der Waals surface area contributed by atoms with Crippen LogP contribution in [0.15, 0.2) is 46.6 Å². The first-order valence-corrected chi connectivity index (χ1v) is 9.79. The van der Waals surface area contributed by atoms with E-state index in [1.165, 1.54) is 4.90 Å². The molecule has 0 N–H and O–H groups in total. The van der Waals surface area contributed by atoms with Crippen molar-refractivity contribution in [2.45, 2.75) is 31.2 Å². The highest BCUT2D eigenvalue weighted by Gasteiger charge is 2.34. The Morgan fingerprint density at radius 2 is 2.16 bits per heavy atom. The number of carbonyl (C=O) groups excluding carboxylic acids is 2. The van der Waals surface area contributed by atoms with Crippen LogP contribution in [-0.2, 0) is 4.79 Å². The van der Waals surface area contributed by atoms with Crippen LogP contribution >= 0.6 is 35.9 Å². The van der Waals surface area contributed by atoms with E-state index in [0.717, 1.165) is 47.5 Å². The van der Waals surface area contributed by atoms with Crippen LogP contribution in [0.25, 0.3) is 5.65 Å². The summed E-state index contributed by atoms with van der Waals surface area (Å²) in [5.41, 5.74) is 0.923. The van der Waals surface area contributed by atoms with Crippen molar-refractivity contribution in [2.75, 3.05) is 12.3 Å². The zero-order valence-corrected chi connectivity index (χ0v) is 16.3. The van der Waals surface area contributed by atoms with Crippen molar-refractivity contribution in [1.29, 1.82) is 0 Å².